The van der Waals surface area contributed by atoms with Crippen molar-refractivity contribution in [1.29, 1.82) is 0 Å². The number of nitrogens with one attached hydrogen (secondary N) is 2. The molecule has 1 aromatic rings. The van der Waals surface area contributed by atoms with E-state index >= 15 is 0 Å². The second-order valence-electron chi connectivity index (χ2n) is 11.1. The maximum Gasteiger partial charge on any atom is 0.254 e. The summed E-state index contributed by atoms with van der Waals surface area (Å²) in [4.78, 5) is 28.0. The minimum Gasteiger partial charge on any atom is -0.336 e. The molecule has 0 bridgehead atoms. The van der Waals surface area contributed by atoms with Crippen molar-refractivity contribution in [2.75, 3.05) is 11.9 Å². The summed E-state index contributed by atoms with van der Waals surface area (Å²) in [5, 5.41) is 6.66. The van der Waals surface area contributed by atoms with Gasteiger partial charge in [0.1, 0.15) is 0 Å². The molecule has 5 nitrogen and oxygen atoms in total. The highest BCUT2D eigenvalue weighted by Crippen LogP contribution is 2.32. The third-order valence-electron chi connectivity index (χ3n) is 5.67. The van der Waals surface area contributed by atoms with Gasteiger partial charge in [-0.1, -0.05) is 40.2 Å². The summed E-state index contributed by atoms with van der Waals surface area (Å²) in [7, 11) is 0. The van der Waals surface area contributed by atoms with E-state index in [1.54, 1.807) is 0 Å². The zero-order chi connectivity index (χ0) is 22.7. The van der Waals surface area contributed by atoms with Crippen molar-refractivity contribution in [3.63, 3.8) is 0 Å². The Morgan fingerprint density at radius 3 is 2.27 bits per heavy atom. The Bertz CT molecular complexity index is 746. The Labute approximate surface area is 183 Å². The Morgan fingerprint density at radius 2 is 1.73 bits per heavy atom. The van der Waals surface area contributed by atoms with Gasteiger partial charge in [0, 0.05) is 40.3 Å². The average Bonchev–Trinajstić information content (AvgIpc) is 2.58. The number of benzene rings is 1. The first kappa shape index (κ1) is 24.4. The van der Waals surface area contributed by atoms with Crippen LogP contribution in [0.2, 0.25) is 0 Å². The van der Waals surface area contributed by atoms with Crippen molar-refractivity contribution < 1.29 is 9.59 Å². The maximum atomic E-state index is 13.6. The fourth-order valence-electron chi connectivity index (χ4n) is 4.48. The first-order valence-corrected chi connectivity index (χ1v) is 11.3. The number of carbonyl (C=O) groups is 2. The van der Waals surface area contributed by atoms with Gasteiger partial charge in [0.2, 0.25) is 5.91 Å². The van der Waals surface area contributed by atoms with E-state index in [-0.39, 0.29) is 28.9 Å². The van der Waals surface area contributed by atoms with Crippen molar-refractivity contribution in [3.05, 3.63) is 29.8 Å². The lowest BCUT2D eigenvalue weighted by Gasteiger charge is -2.49. The summed E-state index contributed by atoms with van der Waals surface area (Å²) in [6, 6.07) is 7.53. The second-order valence-corrected chi connectivity index (χ2v) is 11.1. The van der Waals surface area contributed by atoms with Crippen LogP contribution in [0.3, 0.4) is 0 Å². The molecule has 2 amide bonds. The zero-order valence-electron chi connectivity index (χ0n) is 20.2. The minimum absolute atomic E-state index is 0.0281. The highest BCUT2D eigenvalue weighted by molar-refractivity contribution is 5.98. The maximum absolute atomic E-state index is 13.6. The molecular formula is C25H41N3O2. The summed E-state index contributed by atoms with van der Waals surface area (Å²) >= 11 is 0. The van der Waals surface area contributed by atoms with Gasteiger partial charge in [0.15, 0.2) is 0 Å². The smallest absolute Gasteiger partial charge is 0.254 e. The van der Waals surface area contributed by atoms with E-state index in [1.165, 1.54) is 0 Å². The zero-order valence-corrected chi connectivity index (χ0v) is 20.2. The Balaban J connectivity index is 2.29. The summed E-state index contributed by atoms with van der Waals surface area (Å²) < 4.78 is 0. The van der Waals surface area contributed by atoms with E-state index in [4.69, 9.17) is 0 Å². The molecule has 1 heterocycles. The molecule has 1 saturated heterocycles. The normalized spacial score (nSPS) is 18.7. The molecule has 168 valence electrons. The highest BCUT2D eigenvalue weighted by Gasteiger charge is 2.41. The van der Waals surface area contributed by atoms with Crippen LogP contribution < -0.4 is 10.6 Å². The molecule has 1 aromatic carbocycles. The molecule has 2 rings (SSSR count). The van der Waals surface area contributed by atoms with Crippen LogP contribution >= 0.6 is 0 Å². The van der Waals surface area contributed by atoms with Crippen LogP contribution in [0.4, 0.5) is 5.69 Å². The number of piperidine rings is 1. The Kier molecular flexibility index (Phi) is 7.39. The first-order valence-electron chi connectivity index (χ1n) is 11.3. The fraction of sp³-hybridized carbons (Fsp3) is 0.680. The summed E-state index contributed by atoms with van der Waals surface area (Å²) in [5.74, 6) is -0.00870. The molecule has 1 fully saturated rings. The van der Waals surface area contributed by atoms with Gasteiger partial charge >= 0.3 is 0 Å². The molecule has 0 radical (unpaired) electrons. The Hall–Kier alpha value is -1.88. The SMILES string of the molecule is CCCCN(C(=O)c1cccc(NC(=O)C(C)(C)C)c1)C1CC(C)(C)NC(C)(C)C1. The largest absolute Gasteiger partial charge is 0.336 e. The van der Waals surface area contributed by atoms with Crippen molar-refractivity contribution >= 4 is 17.5 Å². The number of anilines is 1. The highest BCUT2D eigenvalue weighted by atomic mass is 16.2. The molecule has 0 atom stereocenters. The predicted octanol–water partition coefficient (Wildman–Crippen LogP) is 5.22. The summed E-state index contributed by atoms with van der Waals surface area (Å²) in [5.41, 5.74) is 0.757. The fourth-order valence-corrected chi connectivity index (χ4v) is 4.48. The lowest BCUT2D eigenvalue weighted by atomic mass is 9.78. The van der Waals surface area contributed by atoms with Gasteiger partial charge in [-0.25, -0.2) is 0 Å². The van der Waals surface area contributed by atoms with Crippen molar-refractivity contribution in [2.45, 2.75) is 98.2 Å². The van der Waals surface area contributed by atoms with Gasteiger partial charge in [0.25, 0.3) is 5.91 Å². The molecule has 5 heteroatoms. The van der Waals surface area contributed by atoms with Gasteiger partial charge < -0.3 is 15.5 Å². The first-order chi connectivity index (χ1) is 13.7. The molecule has 0 spiro atoms. The van der Waals surface area contributed by atoms with Crippen molar-refractivity contribution in [1.82, 2.24) is 10.2 Å². The van der Waals surface area contributed by atoms with E-state index < -0.39 is 5.41 Å². The lowest BCUT2D eigenvalue weighted by Crippen LogP contribution is -2.62. The molecule has 1 aliphatic rings. The number of hydrogen-bond donors (Lipinski definition) is 2. The molecule has 0 aliphatic carbocycles. The topological polar surface area (TPSA) is 61.4 Å². The number of carbonyl (C=O) groups excluding carboxylic acids is 2. The number of hydrogen-bond acceptors (Lipinski definition) is 3. The van der Waals surface area contributed by atoms with E-state index in [1.807, 2.05) is 45.0 Å². The van der Waals surface area contributed by atoms with Gasteiger partial charge in [-0.3, -0.25) is 9.59 Å². The van der Waals surface area contributed by atoms with Crippen LogP contribution in [0.15, 0.2) is 24.3 Å². The molecule has 0 unspecified atom stereocenters. The number of rotatable bonds is 6. The second kappa shape index (κ2) is 9.09. The van der Waals surface area contributed by atoms with Crippen LogP contribution in [0.1, 0.15) is 91.4 Å². The van der Waals surface area contributed by atoms with Gasteiger partial charge in [-0.2, -0.15) is 0 Å². The van der Waals surface area contributed by atoms with Crippen LogP contribution in [-0.2, 0) is 4.79 Å². The van der Waals surface area contributed by atoms with E-state index in [2.05, 4.69) is 50.2 Å². The molecule has 2 N–H and O–H groups in total. The van der Waals surface area contributed by atoms with Gasteiger partial charge in [-0.05, 0) is 65.2 Å². The lowest BCUT2D eigenvalue weighted by molar-refractivity contribution is -0.123. The van der Waals surface area contributed by atoms with Crippen LogP contribution in [-0.4, -0.2) is 40.4 Å². The minimum atomic E-state index is -0.487. The van der Waals surface area contributed by atoms with Crippen molar-refractivity contribution in [3.8, 4) is 0 Å². The van der Waals surface area contributed by atoms with E-state index in [9.17, 15) is 9.59 Å². The monoisotopic (exact) mass is 415 g/mol. The number of unbranched alkanes of at least 4 members (excludes halogenated alkanes) is 1. The van der Waals surface area contributed by atoms with Crippen molar-refractivity contribution in [2.24, 2.45) is 5.41 Å². The quantitative estimate of drug-likeness (QED) is 0.669. The molecule has 0 aromatic heterocycles. The molecular weight excluding hydrogens is 374 g/mol. The van der Waals surface area contributed by atoms with Gasteiger partial charge in [0.05, 0.1) is 0 Å². The average molecular weight is 416 g/mol. The summed E-state index contributed by atoms with van der Waals surface area (Å²) in [6.07, 6.45) is 3.87. The van der Waals surface area contributed by atoms with E-state index in [0.717, 1.165) is 32.2 Å². The Morgan fingerprint density at radius 1 is 1.13 bits per heavy atom. The number of amides is 2. The molecule has 1 aliphatic heterocycles. The van der Waals surface area contributed by atoms with Gasteiger partial charge in [-0.15, -0.1) is 0 Å². The summed E-state index contributed by atoms with van der Waals surface area (Å²) in [6.45, 7) is 17.4. The van der Waals surface area contributed by atoms with Crippen LogP contribution in [0, 0.1) is 5.41 Å². The third-order valence-corrected chi connectivity index (χ3v) is 5.67. The number of nitrogens with zero attached hydrogens (tertiary/aromatic N) is 1. The van der Waals surface area contributed by atoms with Crippen LogP contribution in [0.5, 0.6) is 0 Å². The molecule has 0 saturated carbocycles. The van der Waals surface area contributed by atoms with Crippen LogP contribution in [0.25, 0.3) is 0 Å². The third kappa shape index (κ3) is 6.56. The molecule has 30 heavy (non-hydrogen) atoms. The predicted molar refractivity (Wildman–Crippen MR) is 125 cm³/mol. The van der Waals surface area contributed by atoms with E-state index in [0.29, 0.717) is 11.3 Å². The standard InChI is InChI=1S/C25H41N3O2/c1-9-10-14-28(20-16-24(5,6)27-25(7,8)17-20)21(29)18-12-11-13-19(15-18)26-22(30)23(2,3)4/h11-13,15,20,27H,9-10,14,16-17H2,1-8H3,(H,26,30).